The number of amides is 1. The minimum atomic E-state index is -0.735. The molecule has 0 radical (unpaired) electrons. The van der Waals surface area contributed by atoms with E-state index in [2.05, 4.69) is 22.6 Å². The molecule has 1 aromatic carbocycles. The van der Waals surface area contributed by atoms with Gasteiger partial charge in [0.2, 0.25) is 0 Å². The van der Waals surface area contributed by atoms with Crippen molar-refractivity contribution in [3.05, 3.63) is 33.4 Å². The van der Waals surface area contributed by atoms with Crippen molar-refractivity contribution in [3.8, 4) is 0 Å². The highest BCUT2D eigenvalue weighted by Gasteiger charge is 2.40. The van der Waals surface area contributed by atoms with Gasteiger partial charge in [0.1, 0.15) is 0 Å². The number of carbonyl (C=O) groups is 2. The lowest BCUT2D eigenvalue weighted by Crippen LogP contribution is -2.46. The molecule has 1 aromatic rings. The molecule has 1 aliphatic heterocycles. The van der Waals surface area contributed by atoms with E-state index in [0.717, 1.165) is 3.57 Å². The van der Waals surface area contributed by atoms with Crippen molar-refractivity contribution in [3.63, 3.8) is 0 Å². The maximum atomic E-state index is 12.4. The molecule has 2 rings (SSSR count). The molecule has 0 saturated carbocycles. The van der Waals surface area contributed by atoms with Gasteiger partial charge in [-0.1, -0.05) is 6.92 Å². The third-order valence-corrected chi connectivity index (χ3v) is 4.95. The Hall–Kier alpha value is -1.11. The van der Waals surface area contributed by atoms with E-state index in [0.29, 0.717) is 37.9 Å². The number of benzene rings is 1. The fourth-order valence-electron chi connectivity index (χ4n) is 2.63. The smallest absolute Gasteiger partial charge is 0.309 e. The van der Waals surface area contributed by atoms with Crippen molar-refractivity contribution in [2.24, 2.45) is 5.41 Å². The van der Waals surface area contributed by atoms with Crippen molar-refractivity contribution < 1.29 is 14.7 Å². The molecule has 5 heteroatoms. The Kier molecular flexibility index (Phi) is 4.67. The number of carbonyl (C=O) groups excluding carboxylic acids is 1. The molecule has 1 fully saturated rings. The molecule has 0 aromatic heterocycles. The summed E-state index contributed by atoms with van der Waals surface area (Å²) in [4.78, 5) is 25.5. The van der Waals surface area contributed by atoms with Gasteiger partial charge in [0.15, 0.2) is 0 Å². The predicted molar refractivity (Wildman–Crippen MR) is 84.7 cm³/mol. The molecule has 0 atom stereocenters. The van der Waals surface area contributed by atoms with E-state index < -0.39 is 11.4 Å². The van der Waals surface area contributed by atoms with E-state index in [-0.39, 0.29) is 5.91 Å². The van der Waals surface area contributed by atoms with Gasteiger partial charge in [-0.15, -0.1) is 0 Å². The molecule has 1 aliphatic rings. The molecule has 1 saturated heterocycles. The highest BCUT2D eigenvalue weighted by molar-refractivity contribution is 14.1. The van der Waals surface area contributed by atoms with Crippen LogP contribution in [0.15, 0.2) is 24.3 Å². The lowest BCUT2D eigenvalue weighted by Gasteiger charge is -2.38. The zero-order valence-corrected chi connectivity index (χ0v) is 13.6. The predicted octanol–water partition coefficient (Wildman–Crippen LogP) is 3.01. The number of piperidine rings is 1. The van der Waals surface area contributed by atoms with Crippen LogP contribution in [0.4, 0.5) is 0 Å². The number of hydrogen-bond acceptors (Lipinski definition) is 2. The van der Waals surface area contributed by atoms with Crippen molar-refractivity contribution in [1.82, 2.24) is 4.90 Å². The van der Waals surface area contributed by atoms with Crippen LogP contribution in [0.5, 0.6) is 0 Å². The highest BCUT2D eigenvalue weighted by atomic mass is 127. The zero-order valence-electron chi connectivity index (χ0n) is 11.4. The average molecular weight is 387 g/mol. The molecular formula is C15H18INO3. The number of rotatable bonds is 3. The SMILES string of the molecule is CCC1(C(=O)O)CCN(C(=O)c2ccc(I)cc2)CC1. The maximum Gasteiger partial charge on any atom is 0.309 e. The first-order chi connectivity index (χ1) is 9.48. The van der Waals surface area contributed by atoms with Gasteiger partial charge in [0.25, 0.3) is 5.91 Å². The third kappa shape index (κ3) is 2.97. The first-order valence-corrected chi connectivity index (χ1v) is 7.84. The first-order valence-electron chi connectivity index (χ1n) is 6.77. The summed E-state index contributed by atoms with van der Waals surface area (Å²) < 4.78 is 1.09. The second-order valence-corrected chi connectivity index (χ2v) is 6.48. The molecule has 0 bridgehead atoms. The van der Waals surface area contributed by atoms with Crippen LogP contribution in [0.2, 0.25) is 0 Å². The van der Waals surface area contributed by atoms with E-state index in [1.165, 1.54) is 0 Å². The van der Waals surface area contributed by atoms with E-state index >= 15 is 0 Å². The van der Waals surface area contributed by atoms with Gasteiger partial charge in [0.05, 0.1) is 5.41 Å². The summed E-state index contributed by atoms with van der Waals surface area (Å²) in [5.74, 6) is -0.738. The third-order valence-electron chi connectivity index (χ3n) is 4.23. The fraction of sp³-hybridized carbons (Fsp3) is 0.467. The van der Waals surface area contributed by atoms with Crippen LogP contribution < -0.4 is 0 Å². The summed E-state index contributed by atoms with van der Waals surface area (Å²) in [5.41, 5.74) is 0.0211. The van der Waals surface area contributed by atoms with E-state index in [1.807, 2.05) is 31.2 Å². The van der Waals surface area contributed by atoms with Crippen LogP contribution >= 0.6 is 22.6 Å². The Morgan fingerprint density at radius 3 is 2.25 bits per heavy atom. The Bertz CT molecular complexity index is 504. The molecule has 0 spiro atoms. The summed E-state index contributed by atoms with van der Waals surface area (Å²) in [7, 11) is 0. The van der Waals surface area contributed by atoms with Gasteiger partial charge in [-0.25, -0.2) is 0 Å². The van der Waals surface area contributed by atoms with Gasteiger partial charge >= 0.3 is 5.97 Å². The molecule has 0 aliphatic carbocycles. The van der Waals surface area contributed by atoms with Crippen molar-refractivity contribution in [2.45, 2.75) is 26.2 Å². The number of carboxylic acids is 1. The Balaban J connectivity index is 2.05. The fourth-order valence-corrected chi connectivity index (χ4v) is 2.99. The van der Waals surface area contributed by atoms with Crippen LogP contribution in [0, 0.1) is 8.99 Å². The van der Waals surface area contributed by atoms with Crippen LogP contribution in [0.3, 0.4) is 0 Å². The highest BCUT2D eigenvalue weighted by Crippen LogP contribution is 2.35. The minimum absolute atomic E-state index is 0.00325. The quantitative estimate of drug-likeness (QED) is 0.812. The van der Waals surface area contributed by atoms with Crippen LogP contribution in [0.1, 0.15) is 36.5 Å². The normalized spacial score (nSPS) is 17.8. The first kappa shape index (κ1) is 15.3. The molecule has 108 valence electrons. The Morgan fingerprint density at radius 2 is 1.80 bits per heavy atom. The standard InChI is InChI=1S/C15H18INO3/c1-2-15(14(19)20)7-9-17(10-8-15)13(18)11-3-5-12(16)6-4-11/h3-6H,2,7-10H2,1H3,(H,19,20). The number of nitrogens with zero attached hydrogens (tertiary/aromatic N) is 1. The number of aliphatic carboxylic acids is 1. The number of halogens is 1. The van der Waals surface area contributed by atoms with E-state index in [4.69, 9.17) is 0 Å². The van der Waals surface area contributed by atoms with Crippen LogP contribution in [-0.4, -0.2) is 35.0 Å². The number of likely N-dealkylation sites (tertiary alicyclic amines) is 1. The number of hydrogen-bond donors (Lipinski definition) is 1. The van der Waals surface area contributed by atoms with Crippen molar-refractivity contribution in [1.29, 1.82) is 0 Å². The van der Waals surface area contributed by atoms with Crippen LogP contribution in [0.25, 0.3) is 0 Å². The summed E-state index contributed by atoms with van der Waals surface area (Å²) in [5, 5.41) is 9.36. The van der Waals surface area contributed by atoms with Gasteiger partial charge < -0.3 is 10.0 Å². The molecule has 0 unspecified atom stereocenters. The summed E-state index contributed by atoms with van der Waals surface area (Å²) in [6.45, 7) is 2.95. The van der Waals surface area contributed by atoms with E-state index in [9.17, 15) is 14.7 Å². The summed E-state index contributed by atoms with van der Waals surface area (Å²) >= 11 is 2.20. The monoisotopic (exact) mass is 387 g/mol. The number of carboxylic acid groups (broad SMARTS) is 1. The van der Waals surface area contributed by atoms with Crippen LogP contribution in [-0.2, 0) is 4.79 Å². The Morgan fingerprint density at radius 1 is 1.25 bits per heavy atom. The van der Waals surface area contributed by atoms with Gasteiger partial charge in [-0.3, -0.25) is 9.59 Å². The lowest BCUT2D eigenvalue weighted by atomic mass is 9.76. The van der Waals surface area contributed by atoms with Crippen molar-refractivity contribution in [2.75, 3.05) is 13.1 Å². The van der Waals surface area contributed by atoms with Crippen molar-refractivity contribution >= 4 is 34.5 Å². The topological polar surface area (TPSA) is 57.6 Å². The van der Waals surface area contributed by atoms with Gasteiger partial charge in [-0.2, -0.15) is 0 Å². The van der Waals surface area contributed by atoms with Gasteiger partial charge in [-0.05, 0) is 66.1 Å². The lowest BCUT2D eigenvalue weighted by molar-refractivity contribution is -0.152. The second-order valence-electron chi connectivity index (χ2n) is 5.24. The summed E-state index contributed by atoms with van der Waals surface area (Å²) in [6.07, 6.45) is 1.69. The molecule has 4 nitrogen and oxygen atoms in total. The second kappa shape index (κ2) is 6.11. The molecule has 1 amide bonds. The molecule has 1 heterocycles. The zero-order chi connectivity index (χ0) is 14.8. The maximum absolute atomic E-state index is 12.4. The average Bonchev–Trinajstić information content (AvgIpc) is 2.47. The molecule has 1 N–H and O–H groups in total. The largest absolute Gasteiger partial charge is 0.481 e. The molecule has 20 heavy (non-hydrogen) atoms. The van der Waals surface area contributed by atoms with Gasteiger partial charge in [0, 0.05) is 22.2 Å². The summed E-state index contributed by atoms with van der Waals surface area (Å²) in [6, 6.07) is 7.46. The molecular weight excluding hydrogens is 369 g/mol. The van der Waals surface area contributed by atoms with E-state index in [1.54, 1.807) is 4.90 Å². The minimum Gasteiger partial charge on any atom is -0.481 e. The Labute approximate surface area is 132 Å².